The molecule has 4 nitrogen and oxygen atoms in total. The van der Waals surface area contributed by atoms with Crippen LogP contribution in [0, 0.1) is 5.92 Å². The smallest absolute Gasteiger partial charge is 0.228 e. The summed E-state index contributed by atoms with van der Waals surface area (Å²) in [7, 11) is 0. The Kier molecular flexibility index (Phi) is 5.17. The number of nitrogens with zero attached hydrogens (tertiary/aromatic N) is 2. The number of nitrogens with one attached hydrogen (secondary N) is 1. The van der Waals surface area contributed by atoms with Gasteiger partial charge in [0.05, 0.1) is 5.92 Å². The predicted molar refractivity (Wildman–Crippen MR) is 96.9 cm³/mol. The van der Waals surface area contributed by atoms with Crippen molar-refractivity contribution in [3.8, 4) is 11.1 Å². The molecule has 0 atom stereocenters. The van der Waals surface area contributed by atoms with Crippen molar-refractivity contribution in [2.24, 2.45) is 5.92 Å². The maximum Gasteiger partial charge on any atom is 0.228 e. The Hall–Kier alpha value is -1.91. The van der Waals surface area contributed by atoms with Crippen molar-refractivity contribution in [1.29, 1.82) is 0 Å². The molecule has 126 valence electrons. The van der Waals surface area contributed by atoms with Gasteiger partial charge in [-0.2, -0.15) is 0 Å². The maximum absolute atomic E-state index is 12.6. The van der Waals surface area contributed by atoms with E-state index < -0.39 is 0 Å². The minimum atomic E-state index is 0. The van der Waals surface area contributed by atoms with Crippen LogP contribution in [-0.2, 0) is 11.3 Å². The number of halogens is 1. The van der Waals surface area contributed by atoms with E-state index >= 15 is 0 Å². The standard InChI is InChI=1S/C19H21N3O.ClH/c23-19(17-11-21-12-17)22(18-6-7-18)13-14-3-1-4-15(9-14)16-5-2-8-20-10-16;/h1-5,8-10,17-18,21H,6-7,11-13H2;1H. The summed E-state index contributed by atoms with van der Waals surface area (Å²) in [5.41, 5.74) is 3.46. The van der Waals surface area contributed by atoms with E-state index in [1.165, 1.54) is 5.56 Å². The Bertz CT molecular complexity index is 699. The third-order valence-corrected chi connectivity index (χ3v) is 4.68. The van der Waals surface area contributed by atoms with E-state index in [4.69, 9.17) is 0 Å². The lowest BCUT2D eigenvalue weighted by atomic mass is 10.0. The average Bonchev–Trinajstić information content (AvgIpc) is 3.37. The van der Waals surface area contributed by atoms with Crippen molar-refractivity contribution in [1.82, 2.24) is 15.2 Å². The molecular weight excluding hydrogens is 322 g/mol. The number of aromatic nitrogens is 1. The Labute approximate surface area is 148 Å². The highest BCUT2D eigenvalue weighted by Gasteiger charge is 2.37. The lowest BCUT2D eigenvalue weighted by Gasteiger charge is -2.32. The van der Waals surface area contributed by atoms with Crippen LogP contribution in [0.4, 0.5) is 0 Å². The highest BCUT2D eigenvalue weighted by atomic mass is 35.5. The third kappa shape index (κ3) is 3.60. The Morgan fingerprint density at radius 3 is 2.58 bits per heavy atom. The first-order valence-corrected chi connectivity index (χ1v) is 8.32. The molecule has 1 aliphatic heterocycles. The highest BCUT2D eigenvalue weighted by Crippen LogP contribution is 2.31. The Balaban J connectivity index is 0.00000169. The first kappa shape index (κ1) is 16.9. The second kappa shape index (κ2) is 7.32. The summed E-state index contributed by atoms with van der Waals surface area (Å²) in [6.07, 6.45) is 5.96. The van der Waals surface area contributed by atoms with Crippen LogP contribution in [0.25, 0.3) is 11.1 Å². The average molecular weight is 344 g/mol. The molecule has 2 heterocycles. The molecular formula is C19H22ClN3O. The molecule has 1 N–H and O–H groups in total. The normalized spacial score (nSPS) is 16.8. The number of pyridine rings is 1. The van der Waals surface area contributed by atoms with E-state index in [-0.39, 0.29) is 18.3 Å². The fraction of sp³-hybridized carbons (Fsp3) is 0.368. The SMILES string of the molecule is Cl.O=C(C1CNC1)N(Cc1cccc(-c2cccnc2)c1)C1CC1. The molecule has 1 aliphatic carbocycles. The van der Waals surface area contributed by atoms with Crippen LogP contribution in [0.15, 0.2) is 48.8 Å². The van der Waals surface area contributed by atoms with Crippen molar-refractivity contribution in [3.63, 3.8) is 0 Å². The molecule has 24 heavy (non-hydrogen) atoms. The molecule has 0 radical (unpaired) electrons. The number of rotatable bonds is 5. The van der Waals surface area contributed by atoms with Crippen molar-refractivity contribution >= 4 is 18.3 Å². The quantitative estimate of drug-likeness (QED) is 0.908. The van der Waals surface area contributed by atoms with Gasteiger partial charge in [0.15, 0.2) is 0 Å². The van der Waals surface area contributed by atoms with Gasteiger partial charge in [0.25, 0.3) is 0 Å². The minimum Gasteiger partial charge on any atom is -0.335 e. The molecule has 2 aromatic rings. The summed E-state index contributed by atoms with van der Waals surface area (Å²) < 4.78 is 0. The van der Waals surface area contributed by atoms with Gasteiger partial charge < -0.3 is 10.2 Å². The van der Waals surface area contributed by atoms with Crippen molar-refractivity contribution in [2.75, 3.05) is 13.1 Å². The van der Waals surface area contributed by atoms with E-state index in [1.54, 1.807) is 6.20 Å². The van der Waals surface area contributed by atoms with Crippen molar-refractivity contribution < 1.29 is 4.79 Å². The van der Waals surface area contributed by atoms with Crippen LogP contribution in [0.5, 0.6) is 0 Å². The van der Waals surface area contributed by atoms with Gasteiger partial charge >= 0.3 is 0 Å². The Morgan fingerprint density at radius 1 is 1.17 bits per heavy atom. The van der Waals surface area contributed by atoms with Gasteiger partial charge in [0.2, 0.25) is 5.91 Å². The highest BCUT2D eigenvalue weighted by molar-refractivity contribution is 5.85. The molecule has 0 bridgehead atoms. The molecule has 1 saturated heterocycles. The fourth-order valence-corrected chi connectivity index (χ4v) is 3.05. The van der Waals surface area contributed by atoms with Gasteiger partial charge in [-0.3, -0.25) is 9.78 Å². The number of carbonyl (C=O) groups excluding carboxylic acids is 1. The van der Waals surface area contributed by atoms with Crippen LogP contribution in [0.1, 0.15) is 18.4 Å². The molecule has 1 aromatic carbocycles. The Morgan fingerprint density at radius 2 is 1.96 bits per heavy atom. The third-order valence-electron chi connectivity index (χ3n) is 4.68. The molecule has 5 heteroatoms. The summed E-state index contributed by atoms with van der Waals surface area (Å²) in [6.45, 7) is 2.38. The van der Waals surface area contributed by atoms with Gasteiger partial charge in [-0.1, -0.05) is 24.3 Å². The number of hydrogen-bond acceptors (Lipinski definition) is 3. The van der Waals surface area contributed by atoms with E-state index in [9.17, 15) is 4.79 Å². The molecule has 4 rings (SSSR count). The van der Waals surface area contributed by atoms with Crippen LogP contribution >= 0.6 is 12.4 Å². The monoisotopic (exact) mass is 343 g/mol. The number of hydrogen-bond donors (Lipinski definition) is 1. The van der Waals surface area contributed by atoms with Crippen molar-refractivity contribution in [3.05, 3.63) is 54.4 Å². The lowest BCUT2D eigenvalue weighted by Crippen LogP contribution is -2.52. The zero-order valence-electron chi connectivity index (χ0n) is 13.5. The first-order valence-electron chi connectivity index (χ1n) is 8.32. The molecule has 2 fully saturated rings. The van der Waals surface area contributed by atoms with E-state index in [1.807, 2.05) is 12.3 Å². The second-order valence-electron chi connectivity index (χ2n) is 6.49. The molecule has 0 spiro atoms. The zero-order chi connectivity index (χ0) is 15.6. The van der Waals surface area contributed by atoms with Gasteiger partial charge in [0, 0.05) is 38.1 Å². The lowest BCUT2D eigenvalue weighted by molar-refractivity contribution is -0.138. The summed E-state index contributed by atoms with van der Waals surface area (Å²) in [5, 5.41) is 3.20. The molecule has 1 aromatic heterocycles. The predicted octanol–water partition coefficient (Wildman–Crippen LogP) is 2.88. The molecule has 1 saturated carbocycles. The van der Waals surface area contributed by atoms with Gasteiger partial charge in [0.1, 0.15) is 0 Å². The summed E-state index contributed by atoms with van der Waals surface area (Å²) in [4.78, 5) is 18.9. The van der Waals surface area contributed by atoms with Gasteiger partial charge in [-0.15, -0.1) is 12.4 Å². The van der Waals surface area contributed by atoms with E-state index in [0.29, 0.717) is 18.5 Å². The van der Waals surface area contributed by atoms with Crippen LogP contribution in [-0.4, -0.2) is 34.9 Å². The van der Waals surface area contributed by atoms with Crippen LogP contribution in [0.2, 0.25) is 0 Å². The van der Waals surface area contributed by atoms with E-state index in [0.717, 1.165) is 37.1 Å². The van der Waals surface area contributed by atoms with Gasteiger partial charge in [-0.05, 0) is 41.7 Å². The minimum absolute atomic E-state index is 0. The maximum atomic E-state index is 12.6. The topological polar surface area (TPSA) is 45.2 Å². The van der Waals surface area contributed by atoms with Gasteiger partial charge in [-0.25, -0.2) is 0 Å². The van der Waals surface area contributed by atoms with Crippen molar-refractivity contribution in [2.45, 2.75) is 25.4 Å². The molecule has 2 aliphatic rings. The number of carbonyl (C=O) groups is 1. The second-order valence-corrected chi connectivity index (χ2v) is 6.49. The molecule has 0 unspecified atom stereocenters. The summed E-state index contributed by atoms with van der Waals surface area (Å²) >= 11 is 0. The largest absolute Gasteiger partial charge is 0.335 e. The molecule has 1 amide bonds. The zero-order valence-corrected chi connectivity index (χ0v) is 14.3. The summed E-state index contributed by atoms with van der Waals surface area (Å²) in [6, 6.07) is 12.9. The first-order chi connectivity index (χ1) is 11.3. The summed E-state index contributed by atoms with van der Waals surface area (Å²) in [5.74, 6) is 0.495. The van der Waals surface area contributed by atoms with E-state index in [2.05, 4.69) is 45.5 Å². The fourth-order valence-electron chi connectivity index (χ4n) is 3.05. The number of benzene rings is 1. The van der Waals surface area contributed by atoms with Crippen LogP contribution < -0.4 is 5.32 Å². The number of amides is 1. The van der Waals surface area contributed by atoms with Crippen LogP contribution in [0.3, 0.4) is 0 Å².